The van der Waals surface area contributed by atoms with Crippen molar-refractivity contribution in [2.45, 2.75) is 63.6 Å². The molecule has 32 heavy (non-hydrogen) atoms. The number of halogens is 1. The van der Waals surface area contributed by atoms with Crippen molar-refractivity contribution >= 4 is 29.4 Å². The number of esters is 1. The van der Waals surface area contributed by atoms with Gasteiger partial charge in [0, 0.05) is 13.1 Å². The Morgan fingerprint density at radius 2 is 1.91 bits per heavy atom. The fourth-order valence-electron chi connectivity index (χ4n) is 5.26. The summed E-state index contributed by atoms with van der Waals surface area (Å²) >= 11 is 6.35. The summed E-state index contributed by atoms with van der Waals surface area (Å²) in [5, 5.41) is 0.363. The van der Waals surface area contributed by atoms with Gasteiger partial charge in [0.15, 0.2) is 0 Å². The molecule has 1 aliphatic carbocycles. The maximum absolute atomic E-state index is 13.7. The third kappa shape index (κ3) is 4.37. The molecular formula is C24H31ClN2O5. The molecule has 0 unspecified atom stereocenters. The number of hydrogen-bond donors (Lipinski definition) is 0. The quantitative estimate of drug-likeness (QED) is 0.638. The molecule has 3 fully saturated rings. The van der Waals surface area contributed by atoms with Gasteiger partial charge in [-0.2, -0.15) is 0 Å². The number of nitrogens with zero attached hydrogens (tertiary/aromatic N) is 2. The predicted octanol–water partition coefficient (Wildman–Crippen LogP) is 3.64. The number of amides is 2. The molecule has 2 amide bonds. The number of rotatable bonds is 4. The van der Waals surface area contributed by atoms with Crippen LogP contribution in [-0.2, 0) is 19.1 Å². The zero-order valence-electron chi connectivity index (χ0n) is 18.6. The van der Waals surface area contributed by atoms with E-state index in [0.29, 0.717) is 49.5 Å². The summed E-state index contributed by atoms with van der Waals surface area (Å²) in [6.07, 6.45) is 5.83. The number of piperidine rings is 1. The van der Waals surface area contributed by atoms with Gasteiger partial charge in [-0.15, -0.1) is 0 Å². The van der Waals surface area contributed by atoms with Gasteiger partial charge in [0.1, 0.15) is 11.8 Å². The van der Waals surface area contributed by atoms with E-state index in [0.717, 1.165) is 25.7 Å². The molecule has 2 aliphatic heterocycles. The van der Waals surface area contributed by atoms with E-state index >= 15 is 0 Å². The molecule has 1 saturated carbocycles. The minimum absolute atomic E-state index is 0.162. The van der Waals surface area contributed by atoms with Gasteiger partial charge in [0.25, 0.3) is 5.91 Å². The highest BCUT2D eigenvalue weighted by atomic mass is 35.5. The Labute approximate surface area is 194 Å². The average Bonchev–Trinajstić information content (AvgIpc) is 3.17. The van der Waals surface area contributed by atoms with Crippen molar-refractivity contribution in [1.29, 1.82) is 0 Å². The van der Waals surface area contributed by atoms with E-state index in [1.165, 1.54) is 0 Å². The lowest BCUT2D eigenvalue weighted by atomic mass is 9.89. The molecule has 4 rings (SSSR count). The molecule has 1 spiro atoms. The molecule has 174 valence electrons. The normalized spacial score (nSPS) is 25.1. The molecule has 0 N–H and O–H groups in total. The number of carbonyl (C=O) groups excluding carboxylic acids is 3. The van der Waals surface area contributed by atoms with Crippen LogP contribution in [0.3, 0.4) is 0 Å². The average molecular weight is 463 g/mol. The summed E-state index contributed by atoms with van der Waals surface area (Å²) in [7, 11) is 0. The highest BCUT2D eigenvalue weighted by Gasteiger charge is 2.54. The largest absolute Gasteiger partial charge is 0.466 e. The highest BCUT2D eigenvalue weighted by molar-refractivity contribution is 6.33. The lowest BCUT2D eigenvalue weighted by molar-refractivity contribution is -0.152. The Balaban J connectivity index is 1.60. The van der Waals surface area contributed by atoms with Crippen LogP contribution in [0.15, 0.2) is 24.3 Å². The van der Waals surface area contributed by atoms with Crippen LogP contribution >= 0.6 is 11.6 Å². The molecule has 2 heterocycles. The Hall–Kier alpha value is -2.12. The summed E-state index contributed by atoms with van der Waals surface area (Å²) in [6, 6.07) is 6.21. The molecule has 1 aromatic carbocycles. The van der Waals surface area contributed by atoms with Crippen molar-refractivity contribution in [3.8, 4) is 0 Å². The van der Waals surface area contributed by atoms with Crippen molar-refractivity contribution in [3.05, 3.63) is 34.9 Å². The molecule has 0 radical (unpaired) electrons. The van der Waals surface area contributed by atoms with Crippen LogP contribution in [0.25, 0.3) is 0 Å². The monoisotopic (exact) mass is 462 g/mol. The van der Waals surface area contributed by atoms with Crippen molar-refractivity contribution < 1.29 is 23.9 Å². The van der Waals surface area contributed by atoms with E-state index in [2.05, 4.69) is 0 Å². The van der Waals surface area contributed by atoms with Gasteiger partial charge in [-0.1, -0.05) is 30.2 Å². The number of benzene rings is 1. The molecule has 3 aliphatic rings. The molecule has 2 atom stereocenters. The number of carbonyl (C=O) groups is 3. The first kappa shape index (κ1) is 23.1. The first-order chi connectivity index (χ1) is 15.5. The van der Waals surface area contributed by atoms with Gasteiger partial charge in [-0.25, -0.2) is 0 Å². The van der Waals surface area contributed by atoms with Gasteiger partial charge in [-0.3, -0.25) is 19.3 Å². The van der Waals surface area contributed by atoms with Gasteiger partial charge >= 0.3 is 5.97 Å². The molecular weight excluding hydrogens is 432 g/mol. The van der Waals surface area contributed by atoms with Crippen LogP contribution < -0.4 is 0 Å². The van der Waals surface area contributed by atoms with Gasteiger partial charge < -0.3 is 14.4 Å². The van der Waals surface area contributed by atoms with Crippen LogP contribution in [0.1, 0.15) is 62.2 Å². The number of hydrogen-bond acceptors (Lipinski definition) is 5. The lowest BCUT2D eigenvalue weighted by Crippen LogP contribution is -2.58. The lowest BCUT2D eigenvalue weighted by Gasteiger charge is -2.42. The molecule has 2 saturated heterocycles. The number of likely N-dealkylation sites (tertiary alicyclic amines) is 1. The predicted molar refractivity (Wildman–Crippen MR) is 119 cm³/mol. The van der Waals surface area contributed by atoms with Gasteiger partial charge in [0.2, 0.25) is 5.91 Å². The molecule has 1 aromatic rings. The Morgan fingerprint density at radius 3 is 2.62 bits per heavy atom. The summed E-state index contributed by atoms with van der Waals surface area (Å²) in [5.41, 5.74) is -0.393. The summed E-state index contributed by atoms with van der Waals surface area (Å²) in [5.74, 6) is -1.03. The zero-order chi connectivity index (χ0) is 22.7. The van der Waals surface area contributed by atoms with Crippen molar-refractivity contribution in [2.75, 3.05) is 26.3 Å². The second-order valence-corrected chi connectivity index (χ2v) is 9.27. The summed E-state index contributed by atoms with van der Waals surface area (Å²) in [4.78, 5) is 43.0. The first-order valence-corrected chi connectivity index (χ1v) is 12.0. The van der Waals surface area contributed by atoms with E-state index in [1.54, 1.807) is 41.0 Å². The molecule has 0 aromatic heterocycles. The Kier molecular flexibility index (Phi) is 7.05. The second-order valence-electron chi connectivity index (χ2n) is 8.86. The second kappa shape index (κ2) is 9.79. The van der Waals surface area contributed by atoms with Gasteiger partial charge in [-0.05, 0) is 57.6 Å². The zero-order valence-corrected chi connectivity index (χ0v) is 19.3. The van der Waals surface area contributed by atoms with Gasteiger partial charge in [0.05, 0.1) is 29.7 Å². The topological polar surface area (TPSA) is 76.2 Å². The van der Waals surface area contributed by atoms with Crippen molar-refractivity contribution in [1.82, 2.24) is 9.80 Å². The fourth-order valence-corrected chi connectivity index (χ4v) is 5.48. The van der Waals surface area contributed by atoms with Crippen LogP contribution in [0.2, 0.25) is 5.02 Å². The summed E-state index contributed by atoms with van der Waals surface area (Å²) < 4.78 is 11.4. The highest BCUT2D eigenvalue weighted by Crippen LogP contribution is 2.42. The van der Waals surface area contributed by atoms with Crippen molar-refractivity contribution in [2.24, 2.45) is 5.92 Å². The minimum atomic E-state index is -0.773. The molecule has 7 nitrogen and oxygen atoms in total. The van der Waals surface area contributed by atoms with Crippen LogP contribution in [0.4, 0.5) is 0 Å². The van der Waals surface area contributed by atoms with Crippen LogP contribution in [-0.4, -0.2) is 65.7 Å². The fraction of sp³-hybridized carbons (Fsp3) is 0.625. The smallest absolute Gasteiger partial charge is 0.310 e. The summed E-state index contributed by atoms with van der Waals surface area (Å²) in [6.45, 7) is 3.14. The van der Waals surface area contributed by atoms with Crippen LogP contribution in [0.5, 0.6) is 0 Å². The third-order valence-electron chi connectivity index (χ3n) is 6.86. The molecule has 0 bridgehead atoms. The Bertz CT molecular complexity index is 870. The van der Waals surface area contributed by atoms with E-state index in [-0.39, 0.29) is 30.3 Å². The minimum Gasteiger partial charge on any atom is -0.466 e. The molecule has 8 heteroatoms. The van der Waals surface area contributed by atoms with E-state index in [4.69, 9.17) is 21.1 Å². The van der Waals surface area contributed by atoms with Crippen LogP contribution in [0, 0.1) is 5.92 Å². The van der Waals surface area contributed by atoms with E-state index in [9.17, 15) is 14.4 Å². The third-order valence-corrected chi connectivity index (χ3v) is 7.19. The standard InChI is InChI=1S/C24H31ClN2O5/c1-2-31-23(30)17-9-8-14-26(15-17)22(29)20-16-32-24(12-6-3-7-13-24)27(20)21(28)18-10-4-5-11-19(18)25/h4-5,10-11,17,20H,2-3,6-9,12-16H2,1H3/t17-,20-/m0/s1. The number of ether oxygens (including phenoxy) is 2. The maximum Gasteiger partial charge on any atom is 0.310 e. The Morgan fingerprint density at radius 1 is 1.16 bits per heavy atom. The SMILES string of the molecule is CCOC(=O)[C@H]1CCCN(C(=O)[C@@H]2COC3(CCCCC3)N2C(=O)c2ccccc2Cl)C1. The van der Waals surface area contributed by atoms with E-state index < -0.39 is 11.8 Å². The van der Waals surface area contributed by atoms with Crippen molar-refractivity contribution in [3.63, 3.8) is 0 Å². The first-order valence-electron chi connectivity index (χ1n) is 11.6. The maximum atomic E-state index is 13.7. The van der Waals surface area contributed by atoms with E-state index in [1.807, 2.05) is 0 Å².